The fraction of sp³-hybridized carbons (Fsp3) is 0.929. The largest absolute Gasteiger partial charge is 0.393 e. The highest BCUT2D eigenvalue weighted by molar-refractivity contribution is 5.74. The van der Waals surface area contributed by atoms with Crippen molar-refractivity contribution in [1.82, 2.24) is 15.5 Å². The minimum absolute atomic E-state index is 0.0843. The number of carbonyl (C=O) groups is 1. The molecule has 1 fully saturated rings. The second kappa shape index (κ2) is 8.38. The highest BCUT2D eigenvalue weighted by atomic mass is 16.3. The fourth-order valence-electron chi connectivity index (χ4n) is 2.33. The normalized spacial score (nSPS) is 25.1. The molecular weight excluding hydrogens is 242 g/mol. The summed E-state index contributed by atoms with van der Waals surface area (Å²) in [5, 5.41) is 15.3. The van der Waals surface area contributed by atoms with Crippen LogP contribution in [0.4, 0.5) is 4.79 Å². The SMILES string of the molecule is CCC(C)N(C)CCNC(=O)NC1CCC(O)CC1. The number of nitrogens with one attached hydrogen (secondary N) is 2. The third-order valence-corrected chi connectivity index (χ3v) is 4.13. The molecule has 3 N–H and O–H groups in total. The smallest absolute Gasteiger partial charge is 0.315 e. The number of carbonyl (C=O) groups excluding carboxylic acids is 1. The predicted octanol–water partition coefficient (Wildman–Crippen LogP) is 1.32. The van der Waals surface area contributed by atoms with E-state index in [2.05, 4.69) is 36.4 Å². The molecule has 0 saturated heterocycles. The van der Waals surface area contributed by atoms with Crippen LogP contribution in [0.25, 0.3) is 0 Å². The average molecular weight is 271 g/mol. The van der Waals surface area contributed by atoms with E-state index in [1.54, 1.807) is 0 Å². The van der Waals surface area contributed by atoms with Gasteiger partial charge in [0.05, 0.1) is 6.10 Å². The number of rotatable bonds is 6. The molecule has 0 aliphatic heterocycles. The number of nitrogens with zero attached hydrogens (tertiary/aromatic N) is 1. The van der Waals surface area contributed by atoms with Gasteiger partial charge in [-0.1, -0.05) is 6.92 Å². The molecule has 1 saturated carbocycles. The van der Waals surface area contributed by atoms with E-state index < -0.39 is 0 Å². The van der Waals surface area contributed by atoms with E-state index in [-0.39, 0.29) is 18.2 Å². The van der Waals surface area contributed by atoms with Crippen LogP contribution in [0.3, 0.4) is 0 Å². The maximum absolute atomic E-state index is 11.7. The third kappa shape index (κ3) is 6.25. The molecule has 0 spiro atoms. The van der Waals surface area contributed by atoms with Crippen molar-refractivity contribution >= 4 is 6.03 Å². The van der Waals surface area contributed by atoms with Crippen LogP contribution in [0.1, 0.15) is 46.0 Å². The van der Waals surface area contributed by atoms with Crippen molar-refractivity contribution in [3.05, 3.63) is 0 Å². The predicted molar refractivity (Wildman–Crippen MR) is 77.2 cm³/mol. The molecule has 0 heterocycles. The molecule has 19 heavy (non-hydrogen) atoms. The molecule has 2 amide bonds. The fourth-order valence-corrected chi connectivity index (χ4v) is 2.33. The Bertz CT molecular complexity index is 265. The summed E-state index contributed by atoms with van der Waals surface area (Å²) >= 11 is 0. The molecule has 0 aromatic rings. The molecule has 1 aliphatic carbocycles. The monoisotopic (exact) mass is 271 g/mol. The van der Waals surface area contributed by atoms with Crippen LogP contribution in [0, 0.1) is 0 Å². The lowest BCUT2D eigenvalue weighted by molar-refractivity contribution is 0.117. The number of urea groups is 1. The topological polar surface area (TPSA) is 64.6 Å². The van der Waals surface area contributed by atoms with Crippen LogP contribution in [-0.4, -0.2) is 54.4 Å². The van der Waals surface area contributed by atoms with Crippen molar-refractivity contribution < 1.29 is 9.90 Å². The number of aliphatic hydroxyl groups excluding tert-OH is 1. The summed E-state index contributed by atoms with van der Waals surface area (Å²) in [5.41, 5.74) is 0. The van der Waals surface area contributed by atoms with Crippen molar-refractivity contribution in [2.75, 3.05) is 20.1 Å². The summed E-state index contributed by atoms with van der Waals surface area (Å²) in [7, 11) is 2.08. The Labute approximate surface area is 116 Å². The van der Waals surface area contributed by atoms with Crippen molar-refractivity contribution in [2.45, 2.75) is 64.1 Å². The molecule has 1 aliphatic rings. The van der Waals surface area contributed by atoms with Crippen molar-refractivity contribution in [2.24, 2.45) is 0 Å². The first-order valence-corrected chi connectivity index (χ1v) is 7.45. The number of aliphatic hydroxyl groups is 1. The van der Waals surface area contributed by atoms with E-state index in [0.29, 0.717) is 12.6 Å². The van der Waals surface area contributed by atoms with Gasteiger partial charge in [-0.3, -0.25) is 0 Å². The van der Waals surface area contributed by atoms with Crippen LogP contribution in [0.2, 0.25) is 0 Å². The first-order valence-electron chi connectivity index (χ1n) is 7.45. The minimum Gasteiger partial charge on any atom is -0.393 e. The minimum atomic E-state index is -0.176. The zero-order valence-electron chi connectivity index (χ0n) is 12.5. The molecule has 1 rings (SSSR count). The van der Waals surface area contributed by atoms with Crippen molar-refractivity contribution in [3.8, 4) is 0 Å². The lowest BCUT2D eigenvalue weighted by atomic mass is 9.93. The van der Waals surface area contributed by atoms with E-state index >= 15 is 0 Å². The number of hydrogen-bond acceptors (Lipinski definition) is 3. The zero-order chi connectivity index (χ0) is 14.3. The molecule has 1 unspecified atom stereocenters. The van der Waals surface area contributed by atoms with E-state index in [9.17, 15) is 9.90 Å². The van der Waals surface area contributed by atoms with Gasteiger partial charge in [0.25, 0.3) is 0 Å². The first kappa shape index (κ1) is 16.2. The van der Waals surface area contributed by atoms with Crippen LogP contribution < -0.4 is 10.6 Å². The van der Waals surface area contributed by atoms with Gasteiger partial charge in [0, 0.05) is 25.2 Å². The van der Waals surface area contributed by atoms with Gasteiger partial charge < -0.3 is 20.6 Å². The molecule has 112 valence electrons. The molecule has 0 bridgehead atoms. The summed E-state index contributed by atoms with van der Waals surface area (Å²) < 4.78 is 0. The van der Waals surface area contributed by atoms with Crippen molar-refractivity contribution in [3.63, 3.8) is 0 Å². The van der Waals surface area contributed by atoms with Gasteiger partial charge in [-0.15, -0.1) is 0 Å². The molecule has 0 aromatic heterocycles. The Morgan fingerprint density at radius 3 is 2.58 bits per heavy atom. The maximum atomic E-state index is 11.7. The number of hydrogen-bond donors (Lipinski definition) is 3. The molecule has 5 heteroatoms. The quantitative estimate of drug-likeness (QED) is 0.682. The summed E-state index contributed by atoms with van der Waals surface area (Å²) in [6.45, 7) is 5.89. The van der Waals surface area contributed by atoms with E-state index in [1.165, 1.54) is 0 Å². The zero-order valence-corrected chi connectivity index (χ0v) is 12.5. The Morgan fingerprint density at radius 2 is 2.00 bits per heavy atom. The van der Waals surface area contributed by atoms with Gasteiger partial charge in [0.1, 0.15) is 0 Å². The standard InChI is InChI=1S/C14H29N3O2/c1-4-11(2)17(3)10-9-15-14(19)16-12-5-7-13(18)8-6-12/h11-13,18H,4-10H2,1-3H3,(H2,15,16,19). The van der Waals surface area contributed by atoms with Gasteiger partial charge >= 0.3 is 6.03 Å². The van der Waals surface area contributed by atoms with Gasteiger partial charge in [0.15, 0.2) is 0 Å². The number of likely N-dealkylation sites (N-methyl/N-ethyl adjacent to an activating group) is 1. The Hall–Kier alpha value is -0.810. The lowest BCUT2D eigenvalue weighted by Crippen LogP contribution is -2.46. The van der Waals surface area contributed by atoms with Gasteiger partial charge in [-0.05, 0) is 46.1 Å². The van der Waals surface area contributed by atoms with Crippen molar-refractivity contribution in [1.29, 1.82) is 0 Å². The van der Waals surface area contributed by atoms with Crippen LogP contribution in [0.15, 0.2) is 0 Å². The van der Waals surface area contributed by atoms with E-state index in [0.717, 1.165) is 38.6 Å². The molecule has 1 atom stereocenters. The first-order chi connectivity index (χ1) is 9.02. The average Bonchev–Trinajstić information content (AvgIpc) is 2.40. The maximum Gasteiger partial charge on any atom is 0.315 e. The second-order valence-corrected chi connectivity index (χ2v) is 5.64. The highest BCUT2D eigenvalue weighted by Gasteiger charge is 2.20. The molecule has 5 nitrogen and oxygen atoms in total. The highest BCUT2D eigenvalue weighted by Crippen LogP contribution is 2.17. The molecule has 0 radical (unpaired) electrons. The summed E-state index contributed by atoms with van der Waals surface area (Å²) in [4.78, 5) is 14.0. The Kier molecular flexibility index (Phi) is 7.16. The molecule has 0 aromatic carbocycles. The lowest BCUT2D eigenvalue weighted by Gasteiger charge is -2.27. The van der Waals surface area contributed by atoms with Crippen LogP contribution >= 0.6 is 0 Å². The molecular formula is C14H29N3O2. The Balaban J connectivity index is 2.11. The second-order valence-electron chi connectivity index (χ2n) is 5.64. The van der Waals surface area contributed by atoms with Gasteiger partial charge in [0.2, 0.25) is 0 Å². The Morgan fingerprint density at radius 1 is 1.37 bits per heavy atom. The van der Waals surface area contributed by atoms with E-state index in [4.69, 9.17) is 0 Å². The number of amides is 2. The summed E-state index contributed by atoms with van der Waals surface area (Å²) in [5.74, 6) is 0. The third-order valence-electron chi connectivity index (χ3n) is 4.13. The summed E-state index contributed by atoms with van der Waals surface area (Å²) in [6, 6.07) is 0.680. The van der Waals surface area contributed by atoms with Crippen LogP contribution in [-0.2, 0) is 0 Å². The van der Waals surface area contributed by atoms with E-state index in [1.807, 2.05) is 0 Å². The van der Waals surface area contributed by atoms with Crippen LogP contribution in [0.5, 0.6) is 0 Å². The van der Waals surface area contributed by atoms with Gasteiger partial charge in [-0.25, -0.2) is 4.79 Å². The van der Waals surface area contributed by atoms with Gasteiger partial charge in [-0.2, -0.15) is 0 Å². The summed E-state index contributed by atoms with van der Waals surface area (Å²) in [6.07, 6.45) is 4.28.